The Labute approximate surface area is 190 Å². The van der Waals surface area contributed by atoms with Crippen molar-refractivity contribution in [2.24, 2.45) is 11.8 Å². The second-order valence-electron chi connectivity index (χ2n) is 8.03. The molecule has 2 aromatic carbocycles. The van der Waals surface area contributed by atoms with E-state index in [1.54, 1.807) is 12.1 Å². The molecule has 4 rings (SSSR count). The summed E-state index contributed by atoms with van der Waals surface area (Å²) in [5, 5.41) is 24.5. The van der Waals surface area contributed by atoms with E-state index in [0.29, 0.717) is 23.7 Å². The van der Waals surface area contributed by atoms with Gasteiger partial charge in [0.1, 0.15) is 0 Å². The van der Waals surface area contributed by atoms with Gasteiger partial charge in [-0.3, -0.25) is 20.2 Å². The first-order chi connectivity index (χ1) is 15.9. The van der Waals surface area contributed by atoms with Gasteiger partial charge in [0.15, 0.2) is 11.5 Å². The quantitative estimate of drug-likeness (QED) is 0.360. The molecule has 4 N–H and O–H groups in total. The van der Waals surface area contributed by atoms with E-state index in [2.05, 4.69) is 16.2 Å². The zero-order valence-corrected chi connectivity index (χ0v) is 18.4. The molecular formula is C22H26N4O7. The molecule has 5 unspecified atom stereocenters. The van der Waals surface area contributed by atoms with E-state index in [9.17, 15) is 20.0 Å². The highest BCUT2D eigenvalue weighted by molar-refractivity contribution is 5.71. The van der Waals surface area contributed by atoms with Gasteiger partial charge in [-0.05, 0) is 29.7 Å². The van der Waals surface area contributed by atoms with Crippen LogP contribution in [-0.2, 0) is 4.79 Å². The maximum absolute atomic E-state index is 12.3. The van der Waals surface area contributed by atoms with E-state index in [0.717, 1.165) is 11.1 Å². The van der Waals surface area contributed by atoms with E-state index < -0.39 is 16.8 Å². The minimum absolute atomic E-state index is 0.0136. The number of hydrogen-bond acceptors (Lipinski definition) is 9. The molecule has 33 heavy (non-hydrogen) atoms. The number of rotatable bonds is 7. The highest BCUT2D eigenvalue weighted by Gasteiger charge is 2.49. The standard InChI is InChI=1S/C22H26N4O7/c1-31-16-8-12(9-17(32-2)20(16)33-3)15-10-14(22(27)28)18-19(24-25-21(18)23-15)11-4-6-13(7-5-11)26(29)30/h4-9,14-15,18-19,21,23-25H,10H2,1-3H3,(H,27,28). The van der Waals surface area contributed by atoms with E-state index >= 15 is 0 Å². The number of nitrogens with zero attached hydrogens (tertiary/aromatic N) is 1. The average Bonchev–Trinajstić information content (AvgIpc) is 3.26. The number of piperidine rings is 1. The lowest BCUT2D eigenvalue weighted by molar-refractivity contribution is -0.384. The van der Waals surface area contributed by atoms with Crippen molar-refractivity contribution in [1.29, 1.82) is 0 Å². The fourth-order valence-corrected chi connectivity index (χ4v) is 4.79. The molecule has 2 aromatic rings. The fraction of sp³-hybridized carbons (Fsp3) is 0.409. The second-order valence-corrected chi connectivity index (χ2v) is 8.03. The number of ether oxygens (including phenoxy) is 3. The van der Waals surface area contributed by atoms with E-state index in [4.69, 9.17) is 14.2 Å². The molecule has 2 aliphatic rings. The zero-order chi connectivity index (χ0) is 23.7. The number of nitro benzene ring substituents is 1. The smallest absolute Gasteiger partial charge is 0.307 e. The Morgan fingerprint density at radius 2 is 1.67 bits per heavy atom. The van der Waals surface area contributed by atoms with E-state index in [-0.39, 0.29) is 29.9 Å². The number of hydrazine groups is 1. The first kappa shape index (κ1) is 22.8. The summed E-state index contributed by atoms with van der Waals surface area (Å²) in [6.45, 7) is 0. The molecule has 0 spiro atoms. The number of nitro groups is 1. The van der Waals surface area contributed by atoms with Crippen molar-refractivity contribution in [3.63, 3.8) is 0 Å². The van der Waals surface area contributed by atoms with Gasteiger partial charge in [-0.25, -0.2) is 10.9 Å². The monoisotopic (exact) mass is 458 g/mol. The molecule has 2 fully saturated rings. The molecule has 0 aromatic heterocycles. The van der Waals surface area contributed by atoms with Gasteiger partial charge >= 0.3 is 5.97 Å². The molecular weight excluding hydrogens is 432 g/mol. The van der Waals surface area contributed by atoms with Crippen LogP contribution in [-0.4, -0.2) is 43.5 Å². The first-order valence-electron chi connectivity index (χ1n) is 10.4. The lowest BCUT2D eigenvalue weighted by Gasteiger charge is -2.39. The highest BCUT2D eigenvalue weighted by atomic mass is 16.6. The van der Waals surface area contributed by atoms with Crippen molar-refractivity contribution in [2.75, 3.05) is 21.3 Å². The molecule has 5 atom stereocenters. The van der Waals surface area contributed by atoms with Crippen LogP contribution in [0.5, 0.6) is 17.2 Å². The van der Waals surface area contributed by atoms with Gasteiger partial charge in [-0.15, -0.1) is 0 Å². The SMILES string of the molecule is COc1cc(C2CC(C(=O)O)C3C(NNC3c3ccc([N+](=O)[O-])cc3)N2)cc(OC)c1OC. The highest BCUT2D eigenvalue weighted by Crippen LogP contribution is 2.45. The first-order valence-corrected chi connectivity index (χ1v) is 10.4. The van der Waals surface area contributed by atoms with Gasteiger partial charge in [-0.2, -0.15) is 0 Å². The van der Waals surface area contributed by atoms with Crippen molar-refractivity contribution in [2.45, 2.75) is 24.7 Å². The number of carboxylic acid groups (broad SMARTS) is 1. The number of methoxy groups -OCH3 is 3. The van der Waals surface area contributed by atoms with Gasteiger partial charge < -0.3 is 19.3 Å². The predicted octanol–water partition coefficient (Wildman–Crippen LogP) is 2.15. The Bertz CT molecular complexity index is 1020. The summed E-state index contributed by atoms with van der Waals surface area (Å²) >= 11 is 0. The normalized spacial score (nSPS) is 26.3. The average molecular weight is 458 g/mol. The molecule has 0 saturated carbocycles. The van der Waals surface area contributed by atoms with Crippen molar-refractivity contribution >= 4 is 11.7 Å². The number of aliphatic carboxylic acids is 1. The number of benzene rings is 2. The van der Waals surface area contributed by atoms with E-state index in [1.165, 1.54) is 33.5 Å². The van der Waals surface area contributed by atoms with Crippen LogP contribution < -0.4 is 30.4 Å². The molecule has 0 amide bonds. The van der Waals surface area contributed by atoms with Crippen LogP contribution in [0.4, 0.5) is 5.69 Å². The number of carbonyl (C=O) groups is 1. The van der Waals surface area contributed by atoms with Crippen LogP contribution in [0.1, 0.15) is 29.6 Å². The topological polar surface area (TPSA) is 144 Å². The summed E-state index contributed by atoms with van der Waals surface area (Å²) in [6, 6.07) is 9.18. The number of hydrogen-bond donors (Lipinski definition) is 4. The Kier molecular flexibility index (Phi) is 6.36. The molecule has 0 aliphatic carbocycles. The number of nitrogens with one attached hydrogen (secondary N) is 3. The minimum atomic E-state index is -0.902. The van der Waals surface area contributed by atoms with Crippen LogP contribution in [0, 0.1) is 22.0 Å². The maximum atomic E-state index is 12.3. The van der Waals surface area contributed by atoms with Crippen LogP contribution >= 0.6 is 0 Å². The summed E-state index contributed by atoms with van der Waals surface area (Å²) in [6.07, 6.45) is -0.00810. The van der Waals surface area contributed by atoms with Gasteiger partial charge in [0.2, 0.25) is 5.75 Å². The Hall–Kier alpha value is -3.41. The molecule has 2 saturated heterocycles. The van der Waals surface area contributed by atoms with Gasteiger partial charge in [0.05, 0.1) is 44.4 Å². The predicted molar refractivity (Wildman–Crippen MR) is 117 cm³/mol. The summed E-state index contributed by atoms with van der Waals surface area (Å²) < 4.78 is 16.3. The van der Waals surface area contributed by atoms with Crippen LogP contribution in [0.15, 0.2) is 36.4 Å². The van der Waals surface area contributed by atoms with E-state index in [1.807, 2.05) is 12.1 Å². The largest absolute Gasteiger partial charge is 0.493 e. The maximum Gasteiger partial charge on any atom is 0.307 e. The van der Waals surface area contributed by atoms with Crippen molar-refractivity contribution in [1.82, 2.24) is 16.2 Å². The van der Waals surface area contributed by atoms with Crippen LogP contribution in [0.3, 0.4) is 0 Å². The lowest BCUT2D eigenvalue weighted by Crippen LogP contribution is -2.53. The number of fused-ring (bicyclic) bond motifs is 1. The van der Waals surface area contributed by atoms with Crippen molar-refractivity contribution < 1.29 is 29.0 Å². The number of carboxylic acids is 1. The molecule has 2 heterocycles. The van der Waals surface area contributed by atoms with Crippen molar-refractivity contribution in [3.8, 4) is 17.2 Å². The molecule has 11 heteroatoms. The summed E-state index contributed by atoms with van der Waals surface area (Å²) in [7, 11) is 4.59. The third-order valence-corrected chi connectivity index (χ3v) is 6.37. The Morgan fingerprint density at radius 3 is 2.18 bits per heavy atom. The Morgan fingerprint density at radius 1 is 1.03 bits per heavy atom. The third kappa shape index (κ3) is 4.17. The summed E-state index contributed by atoms with van der Waals surface area (Å²) in [5.74, 6) is -0.453. The molecule has 2 aliphatic heterocycles. The summed E-state index contributed by atoms with van der Waals surface area (Å²) in [4.78, 5) is 22.8. The molecule has 0 bridgehead atoms. The summed E-state index contributed by atoms with van der Waals surface area (Å²) in [5.41, 5.74) is 7.91. The fourth-order valence-electron chi connectivity index (χ4n) is 4.79. The third-order valence-electron chi connectivity index (χ3n) is 6.37. The van der Waals surface area contributed by atoms with Crippen LogP contribution in [0.25, 0.3) is 0 Å². The Balaban J connectivity index is 1.64. The second kappa shape index (κ2) is 9.22. The lowest BCUT2D eigenvalue weighted by atomic mass is 9.75. The van der Waals surface area contributed by atoms with Gasteiger partial charge in [0, 0.05) is 24.1 Å². The van der Waals surface area contributed by atoms with Crippen LogP contribution in [0.2, 0.25) is 0 Å². The van der Waals surface area contributed by atoms with Crippen molar-refractivity contribution in [3.05, 3.63) is 57.6 Å². The minimum Gasteiger partial charge on any atom is -0.493 e. The number of non-ortho nitro benzene ring substituents is 1. The molecule has 11 nitrogen and oxygen atoms in total. The molecule has 176 valence electrons. The van der Waals surface area contributed by atoms with Gasteiger partial charge in [-0.1, -0.05) is 12.1 Å². The zero-order valence-electron chi connectivity index (χ0n) is 18.4. The van der Waals surface area contributed by atoms with Gasteiger partial charge in [0.25, 0.3) is 5.69 Å². The molecule has 0 radical (unpaired) electrons.